The van der Waals surface area contributed by atoms with E-state index in [0.717, 1.165) is 10.0 Å². The number of aryl methyl sites for hydroxylation is 1. The SMILES string of the molecule is CC(Cn1cc(Br)cn1)C(=O)NCc1cnn(C)c1. The number of hydrogen-bond acceptors (Lipinski definition) is 3. The van der Waals surface area contributed by atoms with E-state index in [1.165, 1.54) is 0 Å². The fourth-order valence-electron chi connectivity index (χ4n) is 1.73. The Morgan fingerprint density at radius 1 is 1.42 bits per heavy atom. The lowest BCUT2D eigenvalue weighted by Crippen LogP contribution is -2.31. The van der Waals surface area contributed by atoms with Crippen LogP contribution in [0.2, 0.25) is 0 Å². The van der Waals surface area contributed by atoms with Crippen LogP contribution < -0.4 is 5.32 Å². The van der Waals surface area contributed by atoms with E-state index in [-0.39, 0.29) is 11.8 Å². The van der Waals surface area contributed by atoms with Crippen LogP contribution in [0.1, 0.15) is 12.5 Å². The Kier molecular flexibility index (Phi) is 4.36. The summed E-state index contributed by atoms with van der Waals surface area (Å²) < 4.78 is 4.38. The lowest BCUT2D eigenvalue weighted by atomic mass is 10.1. The van der Waals surface area contributed by atoms with Crippen LogP contribution in [0.5, 0.6) is 0 Å². The summed E-state index contributed by atoms with van der Waals surface area (Å²) in [5, 5.41) is 11.1. The Morgan fingerprint density at radius 2 is 2.21 bits per heavy atom. The van der Waals surface area contributed by atoms with Gasteiger partial charge in [-0.1, -0.05) is 6.92 Å². The molecule has 0 aromatic carbocycles. The van der Waals surface area contributed by atoms with Crippen molar-refractivity contribution in [1.29, 1.82) is 0 Å². The van der Waals surface area contributed by atoms with Crippen LogP contribution in [-0.2, 0) is 24.9 Å². The zero-order valence-electron chi connectivity index (χ0n) is 10.9. The summed E-state index contributed by atoms with van der Waals surface area (Å²) in [6.07, 6.45) is 7.19. The van der Waals surface area contributed by atoms with Crippen LogP contribution in [0.15, 0.2) is 29.3 Å². The van der Waals surface area contributed by atoms with Gasteiger partial charge in [-0.25, -0.2) is 0 Å². The first-order valence-corrected chi connectivity index (χ1v) is 6.77. The minimum Gasteiger partial charge on any atom is -0.352 e. The number of rotatable bonds is 5. The van der Waals surface area contributed by atoms with E-state index in [4.69, 9.17) is 0 Å². The third-order valence-corrected chi connectivity index (χ3v) is 3.14. The molecule has 2 rings (SSSR count). The number of carbonyl (C=O) groups is 1. The minimum atomic E-state index is -0.136. The first kappa shape index (κ1) is 13.8. The van der Waals surface area contributed by atoms with Crippen molar-refractivity contribution in [3.63, 3.8) is 0 Å². The predicted molar refractivity (Wildman–Crippen MR) is 74.1 cm³/mol. The Morgan fingerprint density at radius 3 is 2.79 bits per heavy atom. The van der Waals surface area contributed by atoms with Gasteiger partial charge in [-0.05, 0) is 15.9 Å². The monoisotopic (exact) mass is 325 g/mol. The van der Waals surface area contributed by atoms with Gasteiger partial charge >= 0.3 is 0 Å². The molecule has 0 spiro atoms. The molecular formula is C12H16BrN5O. The third-order valence-electron chi connectivity index (χ3n) is 2.74. The quantitative estimate of drug-likeness (QED) is 0.902. The van der Waals surface area contributed by atoms with E-state index in [2.05, 4.69) is 31.4 Å². The molecule has 19 heavy (non-hydrogen) atoms. The normalized spacial score (nSPS) is 12.4. The Labute approximate surface area is 119 Å². The molecule has 2 heterocycles. The zero-order chi connectivity index (χ0) is 13.8. The van der Waals surface area contributed by atoms with E-state index in [1.54, 1.807) is 21.8 Å². The van der Waals surface area contributed by atoms with Crippen LogP contribution >= 0.6 is 15.9 Å². The highest BCUT2D eigenvalue weighted by molar-refractivity contribution is 9.10. The molecule has 1 amide bonds. The maximum Gasteiger partial charge on any atom is 0.224 e. The average Bonchev–Trinajstić information content (AvgIpc) is 2.95. The molecule has 1 N–H and O–H groups in total. The van der Waals surface area contributed by atoms with E-state index in [1.807, 2.05) is 26.4 Å². The predicted octanol–water partition coefficient (Wildman–Crippen LogP) is 1.33. The summed E-state index contributed by atoms with van der Waals surface area (Å²) in [6, 6.07) is 0. The molecule has 1 unspecified atom stereocenters. The van der Waals surface area contributed by atoms with Gasteiger partial charge in [0.15, 0.2) is 0 Å². The van der Waals surface area contributed by atoms with Crippen LogP contribution in [0.25, 0.3) is 0 Å². The Hall–Kier alpha value is -1.63. The largest absolute Gasteiger partial charge is 0.352 e. The van der Waals surface area contributed by atoms with Crippen molar-refractivity contribution < 1.29 is 4.79 Å². The highest BCUT2D eigenvalue weighted by Gasteiger charge is 2.13. The molecule has 1 atom stereocenters. The molecular weight excluding hydrogens is 310 g/mol. The zero-order valence-corrected chi connectivity index (χ0v) is 12.5. The number of carbonyl (C=O) groups excluding carboxylic acids is 1. The second kappa shape index (κ2) is 6.01. The number of nitrogens with one attached hydrogen (secondary N) is 1. The van der Waals surface area contributed by atoms with Gasteiger partial charge in [0.05, 0.1) is 29.3 Å². The Bertz CT molecular complexity index is 562. The van der Waals surface area contributed by atoms with Crippen LogP contribution in [0.3, 0.4) is 0 Å². The summed E-state index contributed by atoms with van der Waals surface area (Å²) in [5.41, 5.74) is 0.991. The number of hydrogen-bond donors (Lipinski definition) is 1. The summed E-state index contributed by atoms with van der Waals surface area (Å²) in [6.45, 7) is 2.94. The first-order chi connectivity index (χ1) is 9.04. The van der Waals surface area contributed by atoms with Crippen molar-refractivity contribution in [2.75, 3.05) is 0 Å². The van der Waals surface area contributed by atoms with Crippen molar-refractivity contribution in [3.8, 4) is 0 Å². The van der Waals surface area contributed by atoms with Gasteiger partial charge in [-0.3, -0.25) is 14.2 Å². The van der Waals surface area contributed by atoms with Crippen molar-refractivity contribution in [2.24, 2.45) is 13.0 Å². The van der Waals surface area contributed by atoms with Gasteiger partial charge in [-0.2, -0.15) is 10.2 Å². The molecule has 102 valence electrons. The van der Waals surface area contributed by atoms with Crippen LogP contribution in [0.4, 0.5) is 0 Å². The first-order valence-electron chi connectivity index (χ1n) is 5.98. The van der Waals surface area contributed by atoms with Crippen molar-refractivity contribution in [2.45, 2.75) is 20.0 Å². The molecule has 0 saturated carbocycles. The Balaban J connectivity index is 1.82. The standard InChI is InChI=1S/C12H16BrN5O/c1-9(6-18-8-11(13)5-16-18)12(19)14-3-10-4-15-17(2)7-10/h4-5,7-9H,3,6H2,1-2H3,(H,14,19). The van der Waals surface area contributed by atoms with Gasteiger partial charge < -0.3 is 5.32 Å². The smallest absolute Gasteiger partial charge is 0.224 e. The number of halogens is 1. The van der Waals surface area contributed by atoms with E-state index in [0.29, 0.717) is 13.1 Å². The molecule has 0 aliphatic carbocycles. The molecule has 0 bridgehead atoms. The maximum absolute atomic E-state index is 11.9. The fraction of sp³-hybridized carbons (Fsp3) is 0.417. The summed E-state index contributed by atoms with van der Waals surface area (Å²) in [5.74, 6) is -0.126. The molecule has 0 aliphatic heterocycles. The molecule has 0 fully saturated rings. The highest BCUT2D eigenvalue weighted by Crippen LogP contribution is 2.08. The second-order valence-corrected chi connectivity index (χ2v) is 5.44. The minimum absolute atomic E-state index is 0.00970. The lowest BCUT2D eigenvalue weighted by molar-refractivity contribution is -0.125. The molecule has 2 aromatic rings. The van der Waals surface area contributed by atoms with Gasteiger partial charge in [0.2, 0.25) is 5.91 Å². The van der Waals surface area contributed by atoms with Crippen LogP contribution in [0, 0.1) is 5.92 Å². The summed E-state index contributed by atoms with van der Waals surface area (Å²) in [4.78, 5) is 11.9. The second-order valence-electron chi connectivity index (χ2n) is 4.52. The maximum atomic E-state index is 11.9. The van der Waals surface area contributed by atoms with Crippen LogP contribution in [-0.4, -0.2) is 25.5 Å². The van der Waals surface area contributed by atoms with Crippen molar-refractivity contribution in [3.05, 3.63) is 34.8 Å². The lowest BCUT2D eigenvalue weighted by Gasteiger charge is -2.11. The topological polar surface area (TPSA) is 64.7 Å². The third kappa shape index (κ3) is 3.92. The fourth-order valence-corrected chi connectivity index (χ4v) is 2.06. The molecule has 0 saturated heterocycles. The van der Waals surface area contributed by atoms with Crippen molar-refractivity contribution in [1.82, 2.24) is 24.9 Å². The summed E-state index contributed by atoms with van der Waals surface area (Å²) >= 11 is 3.33. The number of nitrogens with zero attached hydrogens (tertiary/aromatic N) is 4. The number of amides is 1. The molecule has 2 aromatic heterocycles. The summed E-state index contributed by atoms with van der Waals surface area (Å²) in [7, 11) is 1.85. The average molecular weight is 326 g/mol. The van der Waals surface area contributed by atoms with Gasteiger partial charge in [0.25, 0.3) is 0 Å². The molecule has 6 nitrogen and oxygen atoms in total. The van der Waals surface area contributed by atoms with Gasteiger partial charge in [-0.15, -0.1) is 0 Å². The molecule has 0 radical (unpaired) electrons. The van der Waals surface area contributed by atoms with Crippen molar-refractivity contribution >= 4 is 21.8 Å². The molecule has 7 heteroatoms. The highest BCUT2D eigenvalue weighted by atomic mass is 79.9. The van der Waals surface area contributed by atoms with E-state index in [9.17, 15) is 4.79 Å². The van der Waals surface area contributed by atoms with E-state index < -0.39 is 0 Å². The molecule has 0 aliphatic rings. The van der Waals surface area contributed by atoms with Gasteiger partial charge in [0.1, 0.15) is 0 Å². The van der Waals surface area contributed by atoms with Gasteiger partial charge in [0, 0.05) is 31.5 Å². The van der Waals surface area contributed by atoms with E-state index >= 15 is 0 Å². The number of aromatic nitrogens is 4.